The average Bonchev–Trinajstić information content (AvgIpc) is 2.66. The van der Waals surface area contributed by atoms with Gasteiger partial charge in [0.25, 0.3) is 0 Å². The summed E-state index contributed by atoms with van der Waals surface area (Å²) in [6.07, 6.45) is 0.959. The number of rotatable bonds is 5. The number of halogens is 2. The van der Waals surface area contributed by atoms with Crippen LogP contribution in [0.5, 0.6) is 0 Å². The lowest BCUT2D eigenvalue weighted by Crippen LogP contribution is -2.27. The van der Waals surface area contributed by atoms with E-state index in [-0.39, 0.29) is 5.02 Å². The molecule has 0 bridgehead atoms. The zero-order valence-electron chi connectivity index (χ0n) is 11.9. The van der Waals surface area contributed by atoms with Gasteiger partial charge in [0.05, 0.1) is 16.1 Å². The summed E-state index contributed by atoms with van der Waals surface area (Å²) in [5.41, 5.74) is 1.54. The van der Waals surface area contributed by atoms with E-state index in [1.54, 1.807) is 6.07 Å². The number of nitrogens with one attached hydrogen (secondary N) is 1. The van der Waals surface area contributed by atoms with Crippen molar-refractivity contribution < 1.29 is 4.39 Å². The quantitative estimate of drug-likeness (QED) is 0.835. The van der Waals surface area contributed by atoms with E-state index in [0.29, 0.717) is 10.8 Å². The van der Waals surface area contributed by atoms with E-state index in [0.717, 1.165) is 30.5 Å². The molecule has 6 heteroatoms. The summed E-state index contributed by atoms with van der Waals surface area (Å²) >= 11 is 11.1. The Hall–Kier alpha value is -0.910. The normalized spacial score (nSPS) is 11.9. The van der Waals surface area contributed by atoms with Crippen LogP contribution in [-0.4, -0.2) is 34.1 Å². The van der Waals surface area contributed by atoms with Crippen LogP contribution in [-0.2, 0) is 6.54 Å². The van der Waals surface area contributed by atoms with E-state index in [9.17, 15) is 4.39 Å². The van der Waals surface area contributed by atoms with Crippen molar-refractivity contribution in [2.45, 2.75) is 32.9 Å². The molecule has 1 aromatic carbocycles. The summed E-state index contributed by atoms with van der Waals surface area (Å²) in [6.45, 7) is 6.06. The van der Waals surface area contributed by atoms with E-state index in [4.69, 9.17) is 23.8 Å². The minimum Gasteiger partial charge on any atom is -0.331 e. The van der Waals surface area contributed by atoms with Gasteiger partial charge in [0, 0.05) is 18.7 Å². The van der Waals surface area contributed by atoms with Crippen molar-refractivity contribution in [1.82, 2.24) is 14.5 Å². The fourth-order valence-corrected chi connectivity index (χ4v) is 2.57. The van der Waals surface area contributed by atoms with Gasteiger partial charge in [0.2, 0.25) is 0 Å². The Labute approximate surface area is 128 Å². The first-order valence-corrected chi connectivity index (χ1v) is 7.46. The molecule has 2 rings (SSSR count). The summed E-state index contributed by atoms with van der Waals surface area (Å²) in [5.74, 6) is -0.416. The number of hydrogen-bond acceptors (Lipinski definition) is 2. The monoisotopic (exact) mass is 315 g/mol. The maximum Gasteiger partial charge on any atom is 0.178 e. The number of aromatic nitrogens is 2. The molecule has 0 aliphatic rings. The van der Waals surface area contributed by atoms with Crippen molar-refractivity contribution in [3.8, 4) is 0 Å². The van der Waals surface area contributed by atoms with Gasteiger partial charge in [-0.2, -0.15) is 0 Å². The Morgan fingerprint density at radius 1 is 1.45 bits per heavy atom. The molecule has 0 saturated carbocycles. The van der Waals surface area contributed by atoms with Crippen molar-refractivity contribution in [3.63, 3.8) is 0 Å². The molecule has 0 spiro atoms. The largest absolute Gasteiger partial charge is 0.331 e. The van der Waals surface area contributed by atoms with Gasteiger partial charge in [0.1, 0.15) is 5.82 Å². The van der Waals surface area contributed by atoms with E-state index < -0.39 is 5.82 Å². The lowest BCUT2D eigenvalue weighted by molar-refractivity contribution is 0.266. The molecule has 3 nitrogen and oxygen atoms in total. The lowest BCUT2D eigenvalue weighted by atomic mass is 10.3. The Bertz CT molecular complexity index is 662. The Kier molecular flexibility index (Phi) is 4.83. The highest BCUT2D eigenvalue weighted by atomic mass is 35.5. The second kappa shape index (κ2) is 6.24. The van der Waals surface area contributed by atoms with Gasteiger partial charge in [-0.15, -0.1) is 0 Å². The number of aryl methyl sites for hydroxylation is 1. The Balaban J connectivity index is 2.20. The molecule has 110 valence electrons. The minimum atomic E-state index is -0.416. The zero-order valence-corrected chi connectivity index (χ0v) is 13.5. The molecule has 0 amide bonds. The second-order valence-electron chi connectivity index (χ2n) is 5.29. The molecule has 20 heavy (non-hydrogen) atoms. The van der Waals surface area contributed by atoms with Crippen molar-refractivity contribution >= 4 is 34.9 Å². The standard InChI is InChI=1S/C14H19ClFN3S/c1-9(2)18(3)5-4-6-19-13-8-11(16)10(15)7-12(13)17-14(19)20/h7-9H,4-6H2,1-3H3,(H,17,20). The van der Waals surface area contributed by atoms with Crippen molar-refractivity contribution in [2.24, 2.45) is 0 Å². The van der Waals surface area contributed by atoms with E-state index in [2.05, 4.69) is 30.8 Å². The zero-order chi connectivity index (χ0) is 14.9. The number of nitrogens with zero attached hydrogens (tertiary/aromatic N) is 2. The number of hydrogen-bond donors (Lipinski definition) is 1. The van der Waals surface area contributed by atoms with Crippen molar-refractivity contribution in [1.29, 1.82) is 0 Å². The molecule has 0 fully saturated rings. The lowest BCUT2D eigenvalue weighted by Gasteiger charge is -2.20. The third kappa shape index (κ3) is 3.22. The SMILES string of the molecule is CC(C)N(C)CCCn1c(=S)[nH]c2cc(Cl)c(F)cc21. The third-order valence-electron chi connectivity index (χ3n) is 3.59. The van der Waals surface area contributed by atoms with Gasteiger partial charge >= 0.3 is 0 Å². The summed E-state index contributed by atoms with van der Waals surface area (Å²) < 4.78 is 16.1. The number of fused-ring (bicyclic) bond motifs is 1. The topological polar surface area (TPSA) is 24.0 Å². The second-order valence-corrected chi connectivity index (χ2v) is 6.09. The van der Waals surface area contributed by atoms with Crippen LogP contribution < -0.4 is 0 Å². The van der Waals surface area contributed by atoms with Gasteiger partial charge in [-0.3, -0.25) is 0 Å². The summed E-state index contributed by atoms with van der Waals surface area (Å²) in [5, 5.41) is 0.112. The van der Waals surface area contributed by atoms with Crippen LogP contribution >= 0.6 is 23.8 Å². The molecule has 0 unspecified atom stereocenters. The molecule has 2 aromatic rings. The Morgan fingerprint density at radius 3 is 2.80 bits per heavy atom. The molecular formula is C14H19ClFN3S. The number of aromatic amines is 1. The van der Waals surface area contributed by atoms with Crippen LogP contribution in [0.1, 0.15) is 20.3 Å². The van der Waals surface area contributed by atoms with Crippen LogP contribution in [0, 0.1) is 10.6 Å². The van der Waals surface area contributed by atoms with Gasteiger partial charge in [-0.1, -0.05) is 11.6 Å². The predicted molar refractivity (Wildman–Crippen MR) is 84.5 cm³/mol. The van der Waals surface area contributed by atoms with E-state index >= 15 is 0 Å². The van der Waals surface area contributed by atoms with Gasteiger partial charge < -0.3 is 14.5 Å². The molecule has 0 saturated heterocycles. The summed E-state index contributed by atoms with van der Waals surface area (Å²) in [6, 6.07) is 3.54. The van der Waals surface area contributed by atoms with Crippen LogP contribution in [0.25, 0.3) is 11.0 Å². The maximum absolute atomic E-state index is 13.6. The molecule has 0 radical (unpaired) electrons. The predicted octanol–water partition coefficient (Wildman–Crippen LogP) is 4.22. The van der Waals surface area contributed by atoms with Gasteiger partial charge in [-0.05, 0) is 52.1 Å². The first-order valence-electron chi connectivity index (χ1n) is 6.68. The smallest absolute Gasteiger partial charge is 0.178 e. The molecule has 0 aliphatic heterocycles. The van der Waals surface area contributed by atoms with Crippen LogP contribution in [0.15, 0.2) is 12.1 Å². The molecule has 1 N–H and O–H groups in total. The van der Waals surface area contributed by atoms with Crippen LogP contribution in [0.3, 0.4) is 0 Å². The molecule has 1 heterocycles. The van der Waals surface area contributed by atoms with Crippen molar-refractivity contribution in [3.05, 3.63) is 27.7 Å². The first kappa shape index (κ1) is 15.5. The first-order chi connectivity index (χ1) is 9.40. The van der Waals surface area contributed by atoms with Gasteiger partial charge in [0.15, 0.2) is 4.77 Å². The minimum absolute atomic E-state index is 0.112. The number of benzene rings is 1. The number of imidazole rings is 1. The Morgan fingerprint density at radius 2 is 2.15 bits per heavy atom. The molecular weight excluding hydrogens is 297 g/mol. The third-order valence-corrected chi connectivity index (χ3v) is 4.20. The molecule has 0 aliphatic carbocycles. The van der Waals surface area contributed by atoms with Gasteiger partial charge in [-0.25, -0.2) is 4.39 Å². The number of H-pyrrole nitrogens is 1. The molecule has 0 atom stereocenters. The highest BCUT2D eigenvalue weighted by Crippen LogP contribution is 2.23. The summed E-state index contributed by atoms with van der Waals surface area (Å²) in [4.78, 5) is 5.34. The highest BCUT2D eigenvalue weighted by Gasteiger charge is 2.09. The van der Waals surface area contributed by atoms with E-state index in [1.165, 1.54) is 6.07 Å². The van der Waals surface area contributed by atoms with E-state index in [1.807, 2.05) is 4.57 Å². The van der Waals surface area contributed by atoms with Crippen molar-refractivity contribution in [2.75, 3.05) is 13.6 Å². The average molecular weight is 316 g/mol. The van der Waals surface area contributed by atoms with Crippen LogP contribution in [0.4, 0.5) is 4.39 Å². The fourth-order valence-electron chi connectivity index (χ4n) is 2.11. The highest BCUT2D eigenvalue weighted by molar-refractivity contribution is 7.71. The fraction of sp³-hybridized carbons (Fsp3) is 0.500. The maximum atomic E-state index is 13.6. The molecule has 1 aromatic heterocycles. The summed E-state index contributed by atoms with van der Waals surface area (Å²) in [7, 11) is 2.10. The van der Waals surface area contributed by atoms with Crippen LogP contribution in [0.2, 0.25) is 5.02 Å².